The maximum absolute atomic E-state index is 13.2. The number of aliphatic hydroxyl groups is 1. The third-order valence-electron chi connectivity index (χ3n) is 9.06. The standard InChI is InChI=1S/C33H33N3O3/c1-34-25-10-7-23(8-11-25)22-5-3-21(4-6-22)15-17-35-32(39)27-13-9-24-19-29-28-14-12-26(37)20-33(28,16-18-36(29)2)30(24)31(27)38/h3-14,26,28-29,37-38H,15-20H2,2H3,(H,35,39)/t26-,28-,29+,33-/m0/s1. The van der Waals surface area contributed by atoms with Crippen LogP contribution < -0.4 is 5.32 Å². The second kappa shape index (κ2) is 10.00. The number of likely N-dealkylation sites (tertiary alicyclic amines) is 1. The molecule has 1 fully saturated rings. The highest BCUT2D eigenvalue weighted by Gasteiger charge is 2.54. The number of carbonyl (C=O) groups is 1. The highest BCUT2D eigenvalue weighted by Crippen LogP contribution is 2.56. The van der Waals surface area contributed by atoms with Crippen LogP contribution in [0.2, 0.25) is 0 Å². The van der Waals surface area contributed by atoms with E-state index in [2.05, 4.69) is 52.5 Å². The van der Waals surface area contributed by atoms with Crippen LogP contribution in [0.5, 0.6) is 5.75 Å². The van der Waals surface area contributed by atoms with E-state index in [0.29, 0.717) is 36.7 Å². The summed E-state index contributed by atoms with van der Waals surface area (Å²) in [7, 11) is 2.15. The molecule has 3 aliphatic rings. The van der Waals surface area contributed by atoms with E-state index < -0.39 is 6.10 Å². The van der Waals surface area contributed by atoms with Crippen molar-refractivity contribution in [1.82, 2.24) is 10.2 Å². The van der Waals surface area contributed by atoms with Crippen molar-refractivity contribution in [2.75, 3.05) is 20.1 Å². The lowest BCUT2D eigenvalue weighted by molar-refractivity contribution is 0.0195. The molecule has 4 atom stereocenters. The molecule has 3 aromatic carbocycles. The zero-order valence-corrected chi connectivity index (χ0v) is 22.1. The molecule has 6 heteroatoms. The lowest BCUT2D eigenvalue weighted by Crippen LogP contribution is -2.60. The van der Waals surface area contributed by atoms with Gasteiger partial charge in [0.2, 0.25) is 0 Å². The molecule has 1 amide bonds. The number of aromatic hydroxyl groups is 1. The van der Waals surface area contributed by atoms with Crippen molar-refractivity contribution in [2.45, 2.75) is 43.2 Å². The molecule has 198 valence electrons. The lowest BCUT2D eigenvalue weighted by atomic mass is 9.53. The summed E-state index contributed by atoms with van der Waals surface area (Å²) in [6.45, 7) is 8.45. The maximum Gasteiger partial charge on any atom is 0.255 e. The first kappa shape index (κ1) is 25.4. The monoisotopic (exact) mass is 519 g/mol. The van der Waals surface area contributed by atoms with E-state index in [1.807, 2.05) is 36.4 Å². The number of amides is 1. The predicted octanol–water partition coefficient (Wildman–Crippen LogP) is 5.02. The molecule has 6 rings (SSSR count). The van der Waals surface area contributed by atoms with E-state index in [1.165, 1.54) is 0 Å². The lowest BCUT2D eigenvalue weighted by Gasteiger charge is -2.57. The van der Waals surface area contributed by atoms with Crippen LogP contribution in [0.25, 0.3) is 16.0 Å². The predicted molar refractivity (Wildman–Crippen MR) is 152 cm³/mol. The Morgan fingerprint density at radius 3 is 2.51 bits per heavy atom. The molecular weight excluding hydrogens is 486 g/mol. The molecule has 1 heterocycles. The molecule has 0 radical (unpaired) electrons. The minimum absolute atomic E-state index is 0.0779. The van der Waals surface area contributed by atoms with Gasteiger partial charge in [0.1, 0.15) is 5.75 Å². The summed E-state index contributed by atoms with van der Waals surface area (Å²) in [6.07, 6.45) is 6.40. The topological polar surface area (TPSA) is 77.2 Å². The summed E-state index contributed by atoms with van der Waals surface area (Å²) < 4.78 is 0. The van der Waals surface area contributed by atoms with E-state index in [1.54, 1.807) is 6.07 Å². The average Bonchev–Trinajstić information content (AvgIpc) is 2.95. The van der Waals surface area contributed by atoms with Gasteiger partial charge in [-0.15, -0.1) is 0 Å². The zero-order chi connectivity index (χ0) is 27.1. The van der Waals surface area contributed by atoms with Gasteiger partial charge in [0, 0.05) is 29.5 Å². The number of fused-ring (bicyclic) bond motifs is 1. The van der Waals surface area contributed by atoms with Crippen molar-refractivity contribution >= 4 is 11.6 Å². The molecule has 3 aromatic rings. The minimum Gasteiger partial charge on any atom is -0.507 e. The Hall–Kier alpha value is -3.92. The van der Waals surface area contributed by atoms with Crippen LogP contribution in [0, 0.1) is 12.5 Å². The van der Waals surface area contributed by atoms with Crippen molar-refractivity contribution in [2.24, 2.45) is 5.92 Å². The van der Waals surface area contributed by atoms with Crippen molar-refractivity contribution < 1.29 is 15.0 Å². The zero-order valence-electron chi connectivity index (χ0n) is 22.1. The van der Waals surface area contributed by atoms with Gasteiger partial charge in [-0.05, 0) is 67.6 Å². The summed E-state index contributed by atoms with van der Waals surface area (Å²) in [5.41, 5.74) is 5.78. The van der Waals surface area contributed by atoms with E-state index in [9.17, 15) is 15.0 Å². The SMILES string of the molecule is [C-]#[N+]c1ccc(-c2ccc(CCNC(=O)c3ccc4c(c3O)[C@]35CCN(C)[C@H](C4)[C@@H]3C=C[C@H](O)C5)cc2)cc1. The number of nitrogens with zero attached hydrogens (tertiary/aromatic N) is 2. The van der Waals surface area contributed by atoms with Gasteiger partial charge in [-0.1, -0.05) is 66.7 Å². The van der Waals surface area contributed by atoms with Gasteiger partial charge in [0.15, 0.2) is 5.69 Å². The summed E-state index contributed by atoms with van der Waals surface area (Å²) in [4.78, 5) is 19.0. The third-order valence-corrected chi connectivity index (χ3v) is 9.06. The molecule has 39 heavy (non-hydrogen) atoms. The summed E-state index contributed by atoms with van der Waals surface area (Å²) in [5.74, 6) is 0.0146. The van der Waals surface area contributed by atoms with Gasteiger partial charge in [0.05, 0.1) is 18.2 Å². The molecule has 2 aliphatic carbocycles. The van der Waals surface area contributed by atoms with Crippen LogP contribution in [0.1, 0.15) is 39.9 Å². The Morgan fingerprint density at radius 2 is 1.79 bits per heavy atom. The highest BCUT2D eigenvalue weighted by molar-refractivity contribution is 5.97. The van der Waals surface area contributed by atoms with Crippen LogP contribution in [0.4, 0.5) is 5.69 Å². The minimum atomic E-state index is -0.544. The van der Waals surface area contributed by atoms with Gasteiger partial charge in [-0.25, -0.2) is 4.85 Å². The number of likely N-dealkylation sites (N-methyl/N-ethyl adjacent to an activating group) is 1. The fraction of sp³-hybridized carbons (Fsp3) is 0.333. The summed E-state index contributed by atoms with van der Waals surface area (Å²) in [5, 5.41) is 25.1. The maximum atomic E-state index is 13.2. The number of carbonyl (C=O) groups excluding carboxylic acids is 1. The van der Waals surface area contributed by atoms with Gasteiger partial charge >= 0.3 is 0 Å². The molecule has 2 bridgehead atoms. The molecule has 1 aliphatic heterocycles. The Kier molecular flexibility index (Phi) is 6.50. The van der Waals surface area contributed by atoms with Gasteiger partial charge < -0.3 is 20.4 Å². The number of nitrogens with one attached hydrogen (secondary N) is 1. The smallest absolute Gasteiger partial charge is 0.255 e. The molecule has 1 saturated heterocycles. The second-order valence-electron chi connectivity index (χ2n) is 11.2. The Bertz CT molecular complexity index is 1470. The molecule has 3 N–H and O–H groups in total. The van der Waals surface area contributed by atoms with Crippen molar-refractivity contribution in [3.63, 3.8) is 0 Å². The summed E-state index contributed by atoms with van der Waals surface area (Å²) in [6, 6.07) is 19.8. The number of piperidine rings is 1. The Morgan fingerprint density at radius 1 is 1.08 bits per heavy atom. The van der Waals surface area contributed by atoms with Gasteiger partial charge in [0.25, 0.3) is 5.91 Å². The molecule has 6 nitrogen and oxygen atoms in total. The number of hydrogen-bond donors (Lipinski definition) is 3. The fourth-order valence-electron chi connectivity index (χ4n) is 7.04. The van der Waals surface area contributed by atoms with Gasteiger partial charge in [-0.2, -0.15) is 0 Å². The third kappa shape index (κ3) is 4.42. The molecule has 0 saturated carbocycles. The van der Waals surface area contributed by atoms with Crippen LogP contribution in [-0.4, -0.2) is 53.3 Å². The first-order valence-electron chi connectivity index (χ1n) is 13.7. The number of hydrogen-bond acceptors (Lipinski definition) is 4. The number of benzene rings is 3. The number of phenols is 1. The van der Waals surface area contributed by atoms with Gasteiger partial charge in [-0.3, -0.25) is 4.79 Å². The first-order chi connectivity index (χ1) is 18.9. The molecule has 0 spiro atoms. The van der Waals surface area contributed by atoms with E-state index in [-0.39, 0.29) is 23.0 Å². The Labute approximate surface area is 229 Å². The van der Waals surface area contributed by atoms with Crippen molar-refractivity contribution in [1.29, 1.82) is 0 Å². The fourth-order valence-corrected chi connectivity index (χ4v) is 7.04. The largest absolute Gasteiger partial charge is 0.507 e. The van der Waals surface area contributed by atoms with Crippen molar-refractivity contribution in [3.8, 4) is 16.9 Å². The van der Waals surface area contributed by atoms with Crippen LogP contribution in [0.3, 0.4) is 0 Å². The second-order valence-corrected chi connectivity index (χ2v) is 11.2. The molecule has 0 unspecified atom stereocenters. The Balaban J connectivity index is 1.17. The summed E-state index contributed by atoms with van der Waals surface area (Å²) >= 11 is 0. The van der Waals surface area contributed by atoms with E-state index in [0.717, 1.165) is 47.2 Å². The number of aliphatic hydroxyl groups excluding tert-OH is 1. The quantitative estimate of drug-likeness (QED) is 0.327. The van der Waals surface area contributed by atoms with Crippen LogP contribution in [0.15, 0.2) is 72.8 Å². The first-order valence-corrected chi connectivity index (χ1v) is 13.7. The number of phenolic OH excluding ortho intramolecular Hbond substituents is 1. The van der Waals surface area contributed by atoms with Crippen molar-refractivity contribution in [3.05, 3.63) is 106 Å². The van der Waals surface area contributed by atoms with Crippen LogP contribution in [-0.2, 0) is 18.3 Å². The normalized spacial score (nSPS) is 25.3. The molecule has 0 aromatic heterocycles. The average molecular weight is 520 g/mol. The number of rotatable bonds is 5. The van der Waals surface area contributed by atoms with E-state index in [4.69, 9.17) is 6.57 Å². The van der Waals surface area contributed by atoms with Crippen LogP contribution >= 0.6 is 0 Å². The van der Waals surface area contributed by atoms with E-state index >= 15 is 0 Å². The highest BCUT2D eigenvalue weighted by atomic mass is 16.3. The molecular formula is C33H33N3O3.